The molecule has 1 fully saturated rings. The van der Waals surface area contributed by atoms with Gasteiger partial charge in [0.2, 0.25) is 5.91 Å². The van der Waals surface area contributed by atoms with Gasteiger partial charge in [0, 0.05) is 18.4 Å². The van der Waals surface area contributed by atoms with Crippen molar-refractivity contribution in [2.45, 2.75) is 18.9 Å². The third-order valence-corrected chi connectivity index (χ3v) is 5.96. The normalized spacial score (nSPS) is 15.2. The van der Waals surface area contributed by atoms with Gasteiger partial charge in [-0.05, 0) is 35.0 Å². The molecule has 1 N–H and O–H groups in total. The van der Waals surface area contributed by atoms with Gasteiger partial charge in [-0.15, -0.1) is 0 Å². The second-order valence-electron chi connectivity index (χ2n) is 8.38. The van der Waals surface area contributed by atoms with Gasteiger partial charge in [-0.3, -0.25) is 14.5 Å². The maximum Gasteiger partial charge on any atom is 0.414 e. The van der Waals surface area contributed by atoms with Gasteiger partial charge >= 0.3 is 6.09 Å². The summed E-state index contributed by atoms with van der Waals surface area (Å²) < 4.78 is 21.1. The molecular weight excluding hydrogens is 465 g/mol. The van der Waals surface area contributed by atoms with Crippen LogP contribution < -0.4 is 10.2 Å². The Labute approximate surface area is 205 Å². The molecule has 9 nitrogen and oxygen atoms in total. The lowest BCUT2D eigenvalue weighted by Crippen LogP contribution is -2.34. The summed E-state index contributed by atoms with van der Waals surface area (Å²) in [5.41, 5.74) is 1.09. The van der Waals surface area contributed by atoms with E-state index < -0.39 is 18.0 Å². The van der Waals surface area contributed by atoms with E-state index in [1.165, 1.54) is 34.4 Å². The van der Waals surface area contributed by atoms with Crippen LogP contribution in [0.1, 0.15) is 23.2 Å². The summed E-state index contributed by atoms with van der Waals surface area (Å²) in [5, 5.41) is 8.61. The summed E-state index contributed by atoms with van der Waals surface area (Å²) in [6, 6.07) is 17.5. The summed E-state index contributed by atoms with van der Waals surface area (Å²) >= 11 is 0. The highest BCUT2D eigenvalue weighted by molar-refractivity contribution is 6.01. The zero-order valence-electron chi connectivity index (χ0n) is 19.1. The number of cyclic esters (lactones) is 1. The van der Waals surface area contributed by atoms with Gasteiger partial charge in [0.15, 0.2) is 11.6 Å². The highest BCUT2D eigenvalue weighted by atomic mass is 19.1. The number of anilines is 1. The number of nitrogens with one attached hydrogen (secondary N) is 1. The first-order valence-corrected chi connectivity index (χ1v) is 11.4. The fourth-order valence-electron chi connectivity index (χ4n) is 4.07. The first-order valence-electron chi connectivity index (χ1n) is 11.4. The van der Waals surface area contributed by atoms with E-state index in [-0.39, 0.29) is 43.3 Å². The Balaban J connectivity index is 1.12. The molecule has 2 heterocycles. The number of carbonyl (C=O) groups excluding carboxylic acids is 3. The van der Waals surface area contributed by atoms with Crippen molar-refractivity contribution in [1.29, 1.82) is 0 Å². The zero-order valence-corrected chi connectivity index (χ0v) is 19.1. The van der Waals surface area contributed by atoms with E-state index in [1.807, 2.05) is 36.4 Å². The van der Waals surface area contributed by atoms with E-state index in [2.05, 4.69) is 15.4 Å². The number of halogens is 1. The molecule has 0 saturated carbocycles. The van der Waals surface area contributed by atoms with Gasteiger partial charge in [0.05, 0.1) is 18.8 Å². The number of Topliss-reactive ketones (excluding diaryl/α,β-unsaturated/α-hetero) is 1. The van der Waals surface area contributed by atoms with Crippen molar-refractivity contribution < 1.29 is 23.5 Å². The van der Waals surface area contributed by atoms with Crippen LogP contribution in [-0.4, -0.2) is 51.7 Å². The Kier molecular flexibility index (Phi) is 6.40. The number of amides is 2. The highest BCUT2D eigenvalue weighted by Gasteiger charge is 2.33. The average molecular weight is 487 g/mol. The van der Waals surface area contributed by atoms with Crippen LogP contribution >= 0.6 is 0 Å². The number of hydrogen-bond acceptors (Lipinski definition) is 6. The topological polar surface area (TPSA) is 106 Å². The second-order valence-corrected chi connectivity index (χ2v) is 8.38. The van der Waals surface area contributed by atoms with Crippen LogP contribution in [0.4, 0.5) is 14.9 Å². The molecule has 0 radical (unpaired) electrons. The summed E-state index contributed by atoms with van der Waals surface area (Å²) in [7, 11) is 0. The van der Waals surface area contributed by atoms with Crippen LogP contribution in [0.3, 0.4) is 0 Å². The number of fused-ring (bicyclic) bond motifs is 1. The Morgan fingerprint density at radius 1 is 1.06 bits per heavy atom. The summed E-state index contributed by atoms with van der Waals surface area (Å²) in [6.07, 6.45) is 1.52. The molecular formula is C26H22FN5O4. The Bertz CT molecular complexity index is 1440. The predicted molar refractivity (Wildman–Crippen MR) is 129 cm³/mol. The lowest BCUT2D eigenvalue weighted by Gasteiger charge is -2.14. The molecule has 3 aromatic carbocycles. The molecule has 2 amide bonds. The van der Waals surface area contributed by atoms with Crippen LogP contribution in [-0.2, 0) is 9.53 Å². The molecule has 4 aromatic rings. The minimum absolute atomic E-state index is 0.0188. The Morgan fingerprint density at radius 3 is 2.67 bits per heavy atom. The number of hydrogen-bond donors (Lipinski definition) is 1. The molecule has 1 aliphatic heterocycles. The van der Waals surface area contributed by atoms with Gasteiger partial charge in [0.25, 0.3) is 0 Å². The lowest BCUT2D eigenvalue weighted by atomic mass is 10.0. The standard InChI is InChI=1S/C26H22FN5O4/c27-22-12-20(7-8-23(22)32-16-28-15-30-32)31-14-21(36-26(31)35)13-29-25(34)10-9-24(33)19-6-5-17-3-1-2-4-18(17)11-19/h1-8,11-12,15-16,21H,9-10,13-14H2,(H,29,34). The molecule has 5 rings (SSSR count). The summed E-state index contributed by atoms with van der Waals surface area (Å²) in [6.45, 7) is 0.238. The largest absolute Gasteiger partial charge is 0.442 e. The van der Waals surface area contributed by atoms with Gasteiger partial charge in [-0.2, -0.15) is 5.10 Å². The summed E-state index contributed by atoms with van der Waals surface area (Å²) in [4.78, 5) is 42.2. The molecule has 1 atom stereocenters. The smallest absolute Gasteiger partial charge is 0.414 e. The molecule has 1 saturated heterocycles. The van der Waals surface area contributed by atoms with E-state index in [4.69, 9.17) is 4.74 Å². The van der Waals surface area contributed by atoms with Gasteiger partial charge in [-0.1, -0.05) is 36.4 Å². The van der Waals surface area contributed by atoms with Gasteiger partial charge in [-0.25, -0.2) is 18.9 Å². The Hall–Kier alpha value is -4.60. The predicted octanol–water partition coefficient (Wildman–Crippen LogP) is 3.66. The van der Waals surface area contributed by atoms with Crippen molar-refractivity contribution in [3.05, 3.63) is 84.7 Å². The van der Waals surface area contributed by atoms with Crippen LogP contribution in [0.5, 0.6) is 0 Å². The van der Waals surface area contributed by atoms with Crippen LogP contribution in [0.25, 0.3) is 16.5 Å². The van der Waals surface area contributed by atoms with E-state index in [9.17, 15) is 18.8 Å². The van der Waals surface area contributed by atoms with E-state index in [0.717, 1.165) is 10.8 Å². The molecule has 182 valence electrons. The van der Waals surface area contributed by atoms with Crippen LogP contribution in [0.2, 0.25) is 0 Å². The van der Waals surface area contributed by atoms with Gasteiger partial charge in [0.1, 0.15) is 24.4 Å². The minimum Gasteiger partial charge on any atom is -0.442 e. The number of ketones is 1. The first kappa shape index (κ1) is 23.2. The van der Waals surface area contributed by atoms with E-state index in [0.29, 0.717) is 11.3 Å². The number of ether oxygens (including phenoxy) is 1. The molecule has 0 bridgehead atoms. The molecule has 0 aliphatic carbocycles. The fraction of sp³-hybridized carbons (Fsp3) is 0.192. The highest BCUT2D eigenvalue weighted by Crippen LogP contribution is 2.25. The van der Waals surface area contributed by atoms with Crippen molar-refractivity contribution >= 4 is 34.2 Å². The second kappa shape index (κ2) is 9.95. The number of nitrogens with zero attached hydrogens (tertiary/aromatic N) is 4. The molecule has 0 spiro atoms. The molecule has 1 aliphatic rings. The molecule has 1 unspecified atom stereocenters. The third-order valence-electron chi connectivity index (χ3n) is 5.96. The quantitative estimate of drug-likeness (QED) is 0.380. The third kappa shape index (κ3) is 4.92. The summed E-state index contributed by atoms with van der Waals surface area (Å²) in [5.74, 6) is -1.01. The lowest BCUT2D eigenvalue weighted by molar-refractivity contribution is -0.121. The molecule has 36 heavy (non-hydrogen) atoms. The monoisotopic (exact) mass is 487 g/mol. The maximum absolute atomic E-state index is 14.5. The molecule has 1 aromatic heterocycles. The SMILES string of the molecule is O=C(CCC(=O)c1ccc2ccccc2c1)NCC1CN(c2ccc(-n3cncn3)c(F)c2)C(=O)O1. The fourth-order valence-corrected chi connectivity index (χ4v) is 4.07. The zero-order chi connectivity index (χ0) is 25.1. The average Bonchev–Trinajstić information content (AvgIpc) is 3.55. The number of benzene rings is 3. The van der Waals surface area contributed by atoms with Crippen molar-refractivity contribution in [3.8, 4) is 5.69 Å². The van der Waals surface area contributed by atoms with E-state index in [1.54, 1.807) is 12.1 Å². The van der Waals surface area contributed by atoms with E-state index >= 15 is 0 Å². The van der Waals surface area contributed by atoms with Crippen molar-refractivity contribution in [2.75, 3.05) is 18.0 Å². The molecule has 10 heteroatoms. The van der Waals surface area contributed by atoms with Crippen molar-refractivity contribution in [1.82, 2.24) is 20.1 Å². The van der Waals surface area contributed by atoms with Crippen LogP contribution in [0.15, 0.2) is 73.3 Å². The first-order chi connectivity index (χ1) is 17.5. The number of aromatic nitrogens is 3. The van der Waals surface area contributed by atoms with Crippen molar-refractivity contribution in [2.24, 2.45) is 0 Å². The number of rotatable bonds is 8. The maximum atomic E-state index is 14.5. The van der Waals surface area contributed by atoms with Crippen LogP contribution in [0, 0.1) is 5.82 Å². The Morgan fingerprint density at radius 2 is 1.89 bits per heavy atom. The minimum atomic E-state index is -0.631. The number of carbonyl (C=O) groups is 3. The van der Waals surface area contributed by atoms with Gasteiger partial charge < -0.3 is 10.1 Å². The van der Waals surface area contributed by atoms with Crippen molar-refractivity contribution in [3.63, 3.8) is 0 Å².